The molecule has 0 aliphatic rings. The zero-order valence-corrected chi connectivity index (χ0v) is 4.15. The topological polar surface area (TPSA) is 0 Å². The molecule has 0 amide bonds. The first-order valence-electron chi connectivity index (χ1n) is 1.94. The van der Waals surface area contributed by atoms with E-state index in [2.05, 4.69) is 12.2 Å². The van der Waals surface area contributed by atoms with Crippen LogP contribution in [0, 0.1) is 12.2 Å². The van der Waals surface area contributed by atoms with E-state index < -0.39 is 0 Å². The molecule has 0 N–H and O–H groups in total. The number of hydrogen-bond acceptors (Lipinski definition) is 0. The normalized spacial score (nSPS) is 11.7. The van der Waals surface area contributed by atoms with Gasteiger partial charge in [0.05, 0.1) is 0 Å². The second kappa shape index (κ2) is 4.48. The van der Waals surface area contributed by atoms with Gasteiger partial charge in [0.25, 0.3) is 0 Å². The maximum Gasteiger partial charge on any atom is -0.0227 e. The molecule has 0 spiro atoms. The highest BCUT2D eigenvalue weighted by atomic mass is 13.6. The summed E-state index contributed by atoms with van der Waals surface area (Å²) in [5.41, 5.74) is 0. The molecule has 0 fully saturated rings. The van der Waals surface area contributed by atoms with Crippen LogP contribution in [-0.4, -0.2) is 0 Å². The molecule has 0 aliphatic heterocycles. The molecule has 0 heteroatoms. The Hall–Kier alpha value is -0.520. The second-order valence-electron chi connectivity index (χ2n) is 0.888. The van der Waals surface area contributed by atoms with Crippen LogP contribution in [-0.2, 0) is 0 Å². The summed E-state index contributed by atoms with van der Waals surface area (Å²) in [5, 5.41) is 0. The summed E-state index contributed by atoms with van der Waals surface area (Å²) in [6.07, 6.45) is 9.23. The van der Waals surface area contributed by atoms with Crippen molar-refractivity contribution >= 4 is 0 Å². The third-order valence-corrected chi connectivity index (χ3v) is 0.394. The fourth-order valence-electron chi connectivity index (χ4n) is 0.167. The van der Waals surface area contributed by atoms with E-state index >= 15 is 0 Å². The van der Waals surface area contributed by atoms with E-state index in [4.69, 9.17) is 0 Å². The molecule has 0 heterocycles. The van der Waals surface area contributed by atoms with Gasteiger partial charge in [0.15, 0.2) is 0 Å². The second-order valence-corrected chi connectivity index (χ2v) is 0.888. The molecule has 6 heavy (non-hydrogen) atoms. The molecule has 0 aliphatic carbocycles. The summed E-state index contributed by atoms with van der Waals surface area (Å²) in [6.45, 7) is 3.77. The predicted molar refractivity (Wildman–Crippen MR) is 27.0 cm³/mol. The lowest BCUT2D eigenvalue weighted by molar-refractivity contribution is 1.60. The fraction of sp³-hybridized carbons (Fsp3) is 0.333. The minimum atomic E-state index is 1.75. The molecular weight excluding hydrogens is 72.1 g/mol. The van der Waals surface area contributed by atoms with Gasteiger partial charge >= 0.3 is 0 Å². The highest BCUT2D eigenvalue weighted by Gasteiger charge is 1.51. The van der Waals surface area contributed by atoms with Crippen molar-refractivity contribution in [2.75, 3.05) is 0 Å². The minimum Gasteiger partial charge on any atom is -0.0798 e. The molecule has 0 aromatic carbocycles. The largest absolute Gasteiger partial charge is 0.0798 e. The van der Waals surface area contributed by atoms with Crippen LogP contribution in [0.5, 0.6) is 0 Å². The van der Waals surface area contributed by atoms with E-state index in [1.54, 1.807) is 6.08 Å². The molecule has 0 unspecified atom stereocenters. The van der Waals surface area contributed by atoms with Crippen molar-refractivity contribution in [1.29, 1.82) is 0 Å². The van der Waals surface area contributed by atoms with Gasteiger partial charge in [-0.25, -0.2) is 0 Å². The fourth-order valence-corrected chi connectivity index (χ4v) is 0.167. The van der Waals surface area contributed by atoms with E-state index in [9.17, 15) is 0 Å². The number of hydrogen-bond donors (Lipinski definition) is 0. The van der Waals surface area contributed by atoms with Gasteiger partial charge in [-0.05, 0) is 26.0 Å². The van der Waals surface area contributed by atoms with Crippen LogP contribution in [0.4, 0.5) is 0 Å². The maximum absolute atomic E-state index is 2.84. The first-order chi connectivity index (χ1) is 2.91. The van der Waals surface area contributed by atoms with Crippen molar-refractivity contribution in [3.63, 3.8) is 0 Å². The number of rotatable bonds is 1. The Kier molecular flexibility index (Phi) is 4.09. The van der Waals surface area contributed by atoms with Crippen LogP contribution in [0.25, 0.3) is 0 Å². The van der Waals surface area contributed by atoms with Crippen LogP contribution in [0.3, 0.4) is 0 Å². The average molecular weight is 80.1 g/mol. The Balaban J connectivity index is 3.07. The monoisotopic (exact) mass is 80.1 g/mol. The third kappa shape index (κ3) is 3.48. The van der Waals surface area contributed by atoms with Gasteiger partial charge in [-0.15, -0.1) is 0 Å². The van der Waals surface area contributed by atoms with Crippen molar-refractivity contribution in [2.24, 2.45) is 0 Å². The van der Waals surface area contributed by atoms with Crippen molar-refractivity contribution in [2.45, 2.75) is 13.8 Å². The number of allylic oxidation sites excluding steroid dienone is 4. The molecule has 0 atom stereocenters. The molecule has 0 rings (SSSR count). The average Bonchev–Trinajstić information content (AvgIpc) is 1.61. The van der Waals surface area contributed by atoms with Crippen molar-refractivity contribution in [3.8, 4) is 0 Å². The quantitative estimate of drug-likeness (QED) is 0.421. The molecular formula is C6H8. The molecule has 0 nitrogen and oxygen atoms in total. The molecule has 2 radical (unpaired) electrons. The summed E-state index contributed by atoms with van der Waals surface area (Å²) in [6, 6.07) is 0. The zero-order chi connectivity index (χ0) is 4.83. The van der Waals surface area contributed by atoms with E-state index in [0.29, 0.717) is 0 Å². The van der Waals surface area contributed by atoms with Crippen LogP contribution in [0.1, 0.15) is 13.8 Å². The summed E-state index contributed by atoms with van der Waals surface area (Å²) in [4.78, 5) is 0. The summed E-state index contributed by atoms with van der Waals surface area (Å²) < 4.78 is 0. The van der Waals surface area contributed by atoms with Gasteiger partial charge in [0.1, 0.15) is 0 Å². The van der Waals surface area contributed by atoms with E-state index in [-0.39, 0.29) is 0 Å². The van der Waals surface area contributed by atoms with Crippen LogP contribution >= 0.6 is 0 Å². The van der Waals surface area contributed by atoms with Gasteiger partial charge in [0, 0.05) is 0 Å². The first-order valence-corrected chi connectivity index (χ1v) is 1.94. The Morgan fingerprint density at radius 2 is 2.17 bits per heavy atom. The van der Waals surface area contributed by atoms with Crippen LogP contribution < -0.4 is 0 Å². The first kappa shape index (κ1) is 5.48. The molecule has 0 saturated heterocycles. The highest BCUT2D eigenvalue weighted by molar-refractivity contribution is 4.86. The van der Waals surface area contributed by atoms with Crippen LogP contribution in [0.2, 0.25) is 0 Å². The Bertz CT molecular complexity index is 48.4. The molecule has 0 saturated carbocycles. The van der Waals surface area contributed by atoms with Gasteiger partial charge < -0.3 is 0 Å². The molecule has 0 bridgehead atoms. The molecule has 32 valence electrons. The summed E-state index contributed by atoms with van der Waals surface area (Å²) in [5.74, 6) is 0. The van der Waals surface area contributed by atoms with Gasteiger partial charge in [-0.3, -0.25) is 0 Å². The smallest absolute Gasteiger partial charge is 0.0227 e. The maximum atomic E-state index is 2.84. The lowest BCUT2D eigenvalue weighted by atomic mass is 10.5. The minimum absolute atomic E-state index is 1.75. The predicted octanol–water partition coefficient (Wildman–Crippen LogP) is 1.74. The summed E-state index contributed by atoms with van der Waals surface area (Å²) in [7, 11) is 0. The summed E-state index contributed by atoms with van der Waals surface area (Å²) >= 11 is 0. The molecule has 0 aromatic heterocycles. The molecule has 0 aromatic rings. The lowest BCUT2D eigenvalue weighted by Crippen LogP contribution is -1.43. The van der Waals surface area contributed by atoms with Gasteiger partial charge in [-0.2, -0.15) is 0 Å². The van der Waals surface area contributed by atoms with Crippen molar-refractivity contribution < 1.29 is 0 Å². The van der Waals surface area contributed by atoms with E-state index in [1.807, 2.05) is 19.9 Å². The Labute approximate surface area is 39.2 Å². The lowest BCUT2D eigenvalue weighted by Gasteiger charge is -1.60. The Morgan fingerprint density at radius 1 is 1.50 bits per heavy atom. The highest BCUT2D eigenvalue weighted by Crippen LogP contribution is 1.68. The SMILES string of the molecule is C/[C]=C\[C]=C\C. The van der Waals surface area contributed by atoms with E-state index in [1.165, 1.54) is 0 Å². The third-order valence-electron chi connectivity index (χ3n) is 0.394. The Morgan fingerprint density at radius 3 is 2.33 bits per heavy atom. The van der Waals surface area contributed by atoms with Crippen LogP contribution in [0.15, 0.2) is 12.2 Å². The zero-order valence-electron chi connectivity index (χ0n) is 4.15. The van der Waals surface area contributed by atoms with Gasteiger partial charge in [-0.1, -0.05) is 12.2 Å². The van der Waals surface area contributed by atoms with E-state index in [0.717, 1.165) is 0 Å². The van der Waals surface area contributed by atoms with Crippen molar-refractivity contribution in [1.82, 2.24) is 0 Å². The standard InChI is InChI=1S/C6H8/c1-3-5-6-4-2/h3,6H,1-2H3. The van der Waals surface area contributed by atoms with Crippen molar-refractivity contribution in [3.05, 3.63) is 24.3 Å². The van der Waals surface area contributed by atoms with Gasteiger partial charge in [0.2, 0.25) is 0 Å².